The Morgan fingerprint density at radius 3 is 2.28 bits per heavy atom. The van der Waals surface area contributed by atoms with Gasteiger partial charge in [-0.2, -0.15) is 0 Å². The van der Waals surface area contributed by atoms with E-state index in [0.29, 0.717) is 6.42 Å². The van der Waals surface area contributed by atoms with Crippen molar-refractivity contribution in [1.29, 1.82) is 0 Å². The fourth-order valence-corrected chi connectivity index (χ4v) is 2.97. The van der Waals surface area contributed by atoms with Gasteiger partial charge in [0.05, 0.1) is 0 Å². The second-order valence-electron chi connectivity index (χ2n) is 7.23. The van der Waals surface area contributed by atoms with E-state index in [1.54, 1.807) is 6.07 Å². The minimum absolute atomic E-state index is 0.0129. The summed E-state index contributed by atoms with van der Waals surface area (Å²) in [5.74, 6) is -1.17. The molecule has 0 aromatic carbocycles. The summed E-state index contributed by atoms with van der Waals surface area (Å²) < 4.78 is 0. The molecular weight excluding hydrogens is 364 g/mol. The first kappa shape index (κ1) is 24.6. The summed E-state index contributed by atoms with van der Waals surface area (Å²) in [5, 5.41) is 11.7. The van der Waals surface area contributed by atoms with Gasteiger partial charge >= 0.3 is 5.97 Å². The summed E-state index contributed by atoms with van der Waals surface area (Å²) in [6.07, 6.45) is 23.4. The van der Waals surface area contributed by atoms with Gasteiger partial charge in [-0.3, -0.25) is 4.79 Å². The minimum atomic E-state index is -1.09. The van der Waals surface area contributed by atoms with Gasteiger partial charge in [0.25, 0.3) is 0 Å². The first-order valence-electron chi connectivity index (χ1n) is 10.9. The van der Waals surface area contributed by atoms with Crippen molar-refractivity contribution in [1.82, 2.24) is 4.98 Å². The Bertz CT molecular complexity index is 653. The number of carbonyl (C=O) groups is 2. The number of aromatic carboxylic acids is 1. The van der Waals surface area contributed by atoms with Crippen molar-refractivity contribution in [2.24, 2.45) is 0 Å². The highest BCUT2D eigenvalue weighted by molar-refractivity contribution is 5.99. The molecule has 1 aromatic heterocycles. The number of aromatic nitrogens is 1. The Balaban J connectivity index is 2.02. The molecule has 0 spiro atoms. The molecule has 0 saturated heterocycles. The van der Waals surface area contributed by atoms with Crippen LogP contribution in [0.2, 0.25) is 0 Å². The zero-order valence-electron chi connectivity index (χ0n) is 17.7. The maximum absolute atomic E-state index is 12.0. The van der Waals surface area contributed by atoms with Crippen LogP contribution in [0, 0.1) is 0 Å². The van der Waals surface area contributed by atoms with Crippen LogP contribution in [0.4, 0.5) is 5.82 Å². The molecule has 1 rings (SSSR count). The van der Waals surface area contributed by atoms with Gasteiger partial charge in [-0.05, 0) is 50.7 Å². The number of allylic oxidation sites excluding steroid dienone is 4. The largest absolute Gasteiger partial charge is 0.478 e. The molecule has 29 heavy (non-hydrogen) atoms. The van der Waals surface area contributed by atoms with E-state index in [1.165, 1.54) is 44.4 Å². The van der Waals surface area contributed by atoms with E-state index >= 15 is 0 Å². The topological polar surface area (TPSA) is 79.3 Å². The lowest BCUT2D eigenvalue weighted by Gasteiger charge is -2.06. The second kappa shape index (κ2) is 16.5. The number of carboxylic acids is 1. The minimum Gasteiger partial charge on any atom is -0.478 e. The highest BCUT2D eigenvalue weighted by Gasteiger charge is 2.12. The molecule has 5 nitrogen and oxygen atoms in total. The molecule has 0 aliphatic carbocycles. The molecular formula is C24H36N2O3. The van der Waals surface area contributed by atoms with Crippen LogP contribution in [0.25, 0.3) is 0 Å². The van der Waals surface area contributed by atoms with Crippen LogP contribution in [-0.2, 0) is 4.79 Å². The van der Waals surface area contributed by atoms with Crippen LogP contribution in [0.5, 0.6) is 0 Å². The third-order valence-corrected chi connectivity index (χ3v) is 4.65. The molecule has 1 aromatic rings. The lowest BCUT2D eigenvalue weighted by molar-refractivity contribution is -0.116. The lowest BCUT2D eigenvalue weighted by atomic mass is 10.1. The molecule has 0 saturated carbocycles. The average molecular weight is 401 g/mol. The quantitative estimate of drug-likeness (QED) is 0.244. The monoisotopic (exact) mass is 400 g/mol. The van der Waals surface area contributed by atoms with Crippen LogP contribution in [0.15, 0.2) is 42.6 Å². The number of rotatable bonds is 16. The number of hydrogen-bond donors (Lipinski definition) is 2. The van der Waals surface area contributed by atoms with E-state index in [1.807, 2.05) is 0 Å². The van der Waals surface area contributed by atoms with E-state index < -0.39 is 5.97 Å². The Hall–Kier alpha value is -2.43. The number of nitrogens with one attached hydrogen (secondary N) is 1. The third kappa shape index (κ3) is 12.6. The zero-order chi connectivity index (χ0) is 21.2. The smallest absolute Gasteiger partial charge is 0.339 e. The lowest BCUT2D eigenvalue weighted by Crippen LogP contribution is -2.15. The van der Waals surface area contributed by atoms with Crippen LogP contribution in [0.1, 0.15) is 94.3 Å². The summed E-state index contributed by atoms with van der Waals surface area (Å²) in [4.78, 5) is 27.0. The van der Waals surface area contributed by atoms with E-state index in [4.69, 9.17) is 5.11 Å². The Kier molecular flexibility index (Phi) is 14.0. The molecule has 0 fully saturated rings. The number of hydrogen-bond acceptors (Lipinski definition) is 3. The molecule has 1 amide bonds. The summed E-state index contributed by atoms with van der Waals surface area (Å²) in [7, 11) is 0. The van der Waals surface area contributed by atoms with E-state index in [9.17, 15) is 9.59 Å². The van der Waals surface area contributed by atoms with Gasteiger partial charge < -0.3 is 10.4 Å². The first-order chi connectivity index (χ1) is 14.1. The normalized spacial score (nSPS) is 11.3. The number of nitrogens with zero attached hydrogens (tertiary/aromatic N) is 1. The summed E-state index contributed by atoms with van der Waals surface area (Å²) in [6, 6.07) is 2.97. The maximum atomic E-state index is 12.0. The van der Waals surface area contributed by atoms with Crippen molar-refractivity contribution in [3.63, 3.8) is 0 Å². The average Bonchev–Trinajstić information content (AvgIpc) is 2.71. The Morgan fingerprint density at radius 2 is 1.62 bits per heavy atom. The molecule has 0 atom stereocenters. The number of unbranched alkanes of at least 4 members (excludes halogenated alkanes) is 8. The number of amides is 1. The van der Waals surface area contributed by atoms with Gasteiger partial charge in [-0.15, -0.1) is 0 Å². The van der Waals surface area contributed by atoms with E-state index in [0.717, 1.165) is 38.5 Å². The summed E-state index contributed by atoms with van der Waals surface area (Å²) in [6.45, 7) is 2.24. The van der Waals surface area contributed by atoms with Gasteiger partial charge in [0, 0.05) is 12.6 Å². The second-order valence-corrected chi connectivity index (χ2v) is 7.23. The van der Waals surface area contributed by atoms with Crippen molar-refractivity contribution in [3.8, 4) is 0 Å². The number of anilines is 1. The first-order valence-corrected chi connectivity index (χ1v) is 10.9. The fourth-order valence-electron chi connectivity index (χ4n) is 2.97. The van der Waals surface area contributed by atoms with Crippen LogP contribution < -0.4 is 5.32 Å². The number of carboxylic acid groups (broad SMARTS) is 1. The summed E-state index contributed by atoms with van der Waals surface area (Å²) >= 11 is 0. The number of carbonyl (C=O) groups excluding carboxylic acids is 1. The van der Waals surface area contributed by atoms with E-state index in [-0.39, 0.29) is 17.3 Å². The molecule has 0 aliphatic heterocycles. The molecule has 1 heterocycles. The van der Waals surface area contributed by atoms with Crippen LogP contribution >= 0.6 is 0 Å². The molecule has 0 unspecified atom stereocenters. The van der Waals surface area contributed by atoms with Gasteiger partial charge in [0.1, 0.15) is 11.4 Å². The van der Waals surface area contributed by atoms with Crippen molar-refractivity contribution < 1.29 is 14.7 Å². The van der Waals surface area contributed by atoms with Gasteiger partial charge in [0.2, 0.25) is 5.91 Å². The van der Waals surface area contributed by atoms with Crippen LogP contribution in [-0.4, -0.2) is 22.0 Å². The Labute approximate surface area is 175 Å². The molecule has 0 aliphatic rings. The van der Waals surface area contributed by atoms with Crippen molar-refractivity contribution in [2.75, 3.05) is 5.32 Å². The highest BCUT2D eigenvalue weighted by atomic mass is 16.4. The predicted octanol–water partition coefficient (Wildman–Crippen LogP) is 6.53. The third-order valence-electron chi connectivity index (χ3n) is 4.65. The summed E-state index contributed by atoms with van der Waals surface area (Å²) in [5.41, 5.74) is 0.0129. The van der Waals surface area contributed by atoms with Crippen molar-refractivity contribution >= 4 is 17.7 Å². The van der Waals surface area contributed by atoms with Gasteiger partial charge in [0.15, 0.2) is 0 Å². The molecule has 2 N–H and O–H groups in total. The fraction of sp³-hybridized carbons (Fsp3) is 0.542. The van der Waals surface area contributed by atoms with Crippen molar-refractivity contribution in [3.05, 3.63) is 48.2 Å². The van der Waals surface area contributed by atoms with Gasteiger partial charge in [-0.25, -0.2) is 9.78 Å². The SMILES string of the molecule is CCCCCC/C=C/C/C=C/CCCCCCC(=O)Nc1ncccc1C(=O)O. The highest BCUT2D eigenvalue weighted by Crippen LogP contribution is 2.13. The van der Waals surface area contributed by atoms with Crippen LogP contribution in [0.3, 0.4) is 0 Å². The number of pyridine rings is 1. The zero-order valence-corrected chi connectivity index (χ0v) is 17.7. The van der Waals surface area contributed by atoms with Gasteiger partial charge in [-0.1, -0.05) is 63.3 Å². The molecule has 160 valence electrons. The van der Waals surface area contributed by atoms with E-state index in [2.05, 4.69) is 41.5 Å². The standard InChI is InChI=1S/C24H36N2O3/c1-2-3-4-5-6-7-8-9-10-11-12-13-14-15-16-19-22(27)26-23-21(24(28)29)18-17-20-25-23/h7-8,10-11,17-18,20H,2-6,9,12-16,19H2,1H3,(H,28,29)(H,25,26,27)/b8-7+,11-10+. The Morgan fingerprint density at radius 1 is 0.966 bits per heavy atom. The predicted molar refractivity (Wildman–Crippen MR) is 119 cm³/mol. The van der Waals surface area contributed by atoms with Crippen molar-refractivity contribution in [2.45, 2.75) is 84.0 Å². The maximum Gasteiger partial charge on any atom is 0.339 e. The molecule has 0 bridgehead atoms. The molecule has 0 radical (unpaired) electrons. The molecule has 5 heteroatoms.